The molecule has 0 fully saturated rings. The molecule has 6 heteroatoms. The third-order valence-electron chi connectivity index (χ3n) is 1.81. The van der Waals surface area contributed by atoms with Crippen molar-refractivity contribution in [1.29, 1.82) is 0 Å². The molecule has 78 valence electrons. The van der Waals surface area contributed by atoms with Crippen molar-refractivity contribution in [2.75, 3.05) is 5.75 Å². The van der Waals surface area contributed by atoms with Gasteiger partial charge in [-0.1, -0.05) is 11.8 Å². The summed E-state index contributed by atoms with van der Waals surface area (Å²) in [6, 6.07) is 0. The molecule has 0 aliphatic heterocycles. The summed E-state index contributed by atoms with van der Waals surface area (Å²) in [6.45, 7) is 3.39. The zero-order chi connectivity index (χ0) is 10.8. The minimum Gasteiger partial charge on any atom is -0.481 e. The van der Waals surface area contributed by atoms with Gasteiger partial charge < -0.3 is 5.11 Å². The number of aliphatic carboxylic acids is 1. The van der Waals surface area contributed by atoms with Crippen LogP contribution in [0.25, 0.3) is 0 Å². The lowest BCUT2D eigenvalue weighted by molar-refractivity contribution is -0.145. The highest BCUT2D eigenvalue weighted by atomic mass is 32.2. The van der Waals surface area contributed by atoms with Crippen LogP contribution in [0.5, 0.6) is 0 Å². The molecular formula is C8H13N3O2S. The number of carbonyl (C=O) groups is 1. The average molecular weight is 215 g/mol. The fraction of sp³-hybridized carbons (Fsp3) is 0.625. The second kappa shape index (κ2) is 4.00. The van der Waals surface area contributed by atoms with Crippen molar-refractivity contribution in [1.82, 2.24) is 14.8 Å². The molecule has 5 nitrogen and oxygen atoms in total. The minimum atomic E-state index is -0.799. The van der Waals surface area contributed by atoms with Gasteiger partial charge in [0.2, 0.25) is 0 Å². The van der Waals surface area contributed by atoms with Crippen LogP contribution in [0.1, 0.15) is 13.8 Å². The van der Waals surface area contributed by atoms with Crippen LogP contribution in [0.4, 0.5) is 0 Å². The molecule has 0 bridgehead atoms. The summed E-state index contributed by atoms with van der Waals surface area (Å²) in [6.07, 6.45) is 1.45. The van der Waals surface area contributed by atoms with E-state index in [4.69, 9.17) is 5.11 Å². The van der Waals surface area contributed by atoms with Gasteiger partial charge in [0.1, 0.15) is 6.33 Å². The molecule has 1 N–H and O–H groups in total. The third kappa shape index (κ3) is 2.47. The number of carboxylic acid groups (broad SMARTS) is 1. The molecule has 0 saturated heterocycles. The smallest absolute Gasteiger partial charge is 0.309 e. The number of thioether (sulfide) groups is 1. The molecule has 14 heavy (non-hydrogen) atoms. The van der Waals surface area contributed by atoms with Gasteiger partial charge in [0.15, 0.2) is 5.16 Å². The van der Waals surface area contributed by atoms with E-state index in [1.54, 1.807) is 25.6 Å². The molecule has 0 aliphatic carbocycles. The summed E-state index contributed by atoms with van der Waals surface area (Å²) >= 11 is 1.40. The van der Waals surface area contributed by atoms with Crippen LogP contribution in [0.15, 0.2) is 11.5 Å². The summed E-state index contributed by atoms with van der Waals surface area (Å²) in [5.41, 5.74) is -0.739. The van der Waals surface area contributed by atoms with Crippen molar-refractivity contribution < 1.29 is 9.90 Å². The highest BCUT2D eigenvalue weighted by Gasteiger charge is 2.27. The molecule has 0 aliphatic rings. The van der Waals surface area contributed by atoms with Crippen LogP contribution in [0.3, 0.4) is 0 Å². The Morgan fingerprint density at radius 3 is 2.79 bits per heavy atom. The van der Waals surface area contributed by atoms with Crippen LogP contribution in [0.2, 0.25) is 0 Å². The number of hydrogen-bond acceptors (Lipinski definition) is 4. The zero-order valence-electron chi connectivity index (χ0n) is 8.39. The Kier molecular flexibility index (Phi) is 3.15. The Morgan fingerprint density at radius 1 is 1.71 bits per heavy atom. The van der Waals surface area contributed by atoms with E-state index >= 15 is 0 Å². The molecule has 1 aromatic heterocycles. The van der Waals surface area contributed by atoms with E-state index in [-0.39, 0.29) is 0 Å². The van der Waals surface area contributed by atoms with E-state index in [9.17, 15) is 4.79 Å². The van der Waals surface area contributed by atoms with Crippen molar-refractivity contribution in [3.05, 3.63) is 6.33 Å². The maximum absolute atomic E-state index is 10.8. The largest absolute Gasteiger partial charge is 0.481 e. The molecule has 0 saturated carbocycles. The number of hydrogen-bond donors (Lipinski definition) is 1. The average Bonchev–Trinajstić information content (AvgIpc) is 2.47. The standard InChI is InChI=1S/C8H13N3O2S/c1-8(2,6(12)13)4-14-7-9-5-10-11(7)3/h5H,4H2,1-3H3,(H,12,13). The van der Waals surface area contributed by atoms with E-state index in [0.717, 1.165) is 5.16 Å². The third-order valence-corrected chi connectivity index (χ3v) is 3.30. The summed E-state index contributed by atoms with van der Waals surface area (Å²) < 4.78 is 1.63. The molecule has 1 heterocycles. The molecule has 0 radical (unpaired) electrons. The highest BCUT2D eigenvalue weighted by molar-refractivity contribution is 7.99. The van der Waals surface area contributed by atoms with Gasteiger partial charge in [-0.3, -0.25) is 4.79 Å². The van der Waals surface area contributed by atoms with Crippen molar-refractivity contribution in [2.45, 2.75) is 19.0 Å². The first kappa shape index (κ1) is 11.0. The van der Waals surface area contributed by atoms with Crippen LogP contribution in [-0.4, -0.2) is 31.6 Å². The normalized spacial score (nSPS) is 11.6. The highest BCUT2D eigenvalue weighted by Crippen LogP contribution is 2.25. The Morgan fingerprint density at radius 2 is 2.36 bits per heavy atom. The lowest BCUT2D eigenvalue weighted by Gasteiger charge is -2.17. The molecule has 0 atom stereocenters. The van der Waals surface area contributed by atoms with Gasteiger partial charge in [-0.2, -0.15) is 5.10 Å². The number of rotatable bonds is 4. The lowest BCUT2D eigenvalue weighted by Crippen LogP contribution is -2.26. The minimum absolute atomic E-state index is 0.481. The molecule has 0 unspecified atom stereocenters. The lowest BCUT2D eigenvalue weighted by atomic mass is 9.97. The maximum atomic E-state index is 10.8. The number of aromatic nitrogens is 3. The molecular weight excluding hydrogens is 202 g/mol. The summed E-state index contributed by atoms with van der Waals surface area (Å²) in [5, 5.41) is 13.5. The van der Waals surface area contributed by atoms with E-state index < -0.39 is 11.4 Å². The van der Waals surface area contributed by atoms with Gasteiger partial charge in [0.25, 0.3) is 0 Å². The van der Waals surface area contributed by atoms with E-state index in [1.807, 2.05) is 0 Å². The Bertz CT molecular complexity index is 335. The number of aryl methyl sites for hydroxylation is 1. The van der Waals surface area contributed by atoms with Gasteiger partial charge in [-0.05, 0) is 13.8 Å². The fourth-order valence-electron chi connectivity index (χ4n) is 0.723. The van der Waals surface area contributed by atoms with Crippen molar-refractivity contribution in [2.24, 2.45) is 12.5 Å². The number of nitrogens with zero attached hydrogens (tertiary/aromatic N) is 3. The van der Waals surface area contributed by atoms with Gasteiger partial charge in [0.05, 0.1) is 5.41 Å². The number of carboxylic acids is 1. The van der Waals surface area contributed by atoms with E-state index in [0.29, 0.717) is 5.75 Å². The van der Waals surface area contributed by atoms with Gasteiger partial charge in [-0.15, -0.1) is 0 Å². The van der Waals surface area contributed by atoms with Crippen molar-refractivity contribution >= 4 is 17.7 Å². The first-order valence-corrected chi connectivity index (χ1v) is 5.12. The SMILES string of the molecule is Cn1ncnc1SCC(C)(C)C(=O)O. The Hall–Kier alpha value is -1.04. The summed E-state index contributed by atoms with van der Waals surface area (Å²) in [7, 11) is 1.78. The molecule has 1 aromatic rings. The first-order valence-electron chi connectivity index (χ1n) is 4.13. The molecule has 0 aromatic carbocycles. The quantitative estimate of drug-likeness (QED) is 0.759. The fourth-order valence-corrected chi connectivity index (χ4v) is 1.69. The second-order valence-corrected chi connectivity index (χ2v) is 4.59. The summed E-state index contributed by atoms with van der Waals surface area (Å²) in [4.78, 5) is 14.8. The Balaban J connectivity index is 2.57. The van der Waals surface area contributed by atoms with Crippen LogP contribution >= 0.6 is 11.8 Å². The molecule has 1 rings (SSSR count). The Labute approximate surface area is 86.5 Å². The maximum Gasteiger partial charge on any atom is 0.309 e. The second-order valence-electron chi connectivity index (χ2n) is 3.64. The molecule has 0 amide bonds. The van der Waals surface area contributed by atoms with Crippen molar-refractivity contribution in [3.8, 4) is 0 Å². The zero-order valence-corrected chi connectivity index (χ0v) is 9.21. The van der Waals surface area contributed by atoms with E-state index in [2.05, 4.69) is 10.1 Å². The topological polar surface area (TPSA) is 68.0 Å². The molecule has 0 spiro atoms. The van der Waals surface area contributed by atoms with Crippen LogP contribution < -0.4 is 0 Å². The van der Waals surface area contributed by atoms with Crippen LogP contribution in [0, 0.1) is 5.41 Å². The predicted molar refractivity (Wildman–Crippen MR) is 53.1 cm³/mol. The summed E-state index contributed by atoms with van der Waals surface area (Å²) in [5.74, 6) is -0.318. The monoisotopic (exact) mass is 215 g/mol. The van der Waals surface area contributed by atoms with E-state index in [1.165, 1.54) is 18.1 Å². The predicted octanol–water partition coefficient (Wildman–Crippen LogP) is 1.02. The van der Waals surface area contributed by atoms with Crippen molar-refractivity contribution in [3.63, 3.8) is 0 Å². The first-order chi connectivity index (χ1) is 6.43. The van der Waals surface area contributed by atoms with Gasteiger partial charge in [0, 0.05) is 12.8 Å². The van der Waals surface area contributed by atoms with Crippen LogP contribution in [-0.2, 0) is 11.8 Å². The van der Waals surface area contributed by atoms with Gasteiger partial charge in [-0.25, -0.2) is 9.67 Å². The van der Waals surface area contributed by atoms with Gasteiger partial charge >= 0.3 is 5.97 Å².